The van der Waals surface area contributed by atoms with Crippen molar-refractivity contribution in [2.45, 2.75) is 40.0 Å². The summed E-state index contributed by atoms with van der Waals surface area (Å²) in [4.78, 5) is 4.40. The number of nitrogens with zero attached hydrogens (tertiary/aromatic N) is 1. The Morgan fingerprint density at radius 3 is 2.50 bits per heavy atom. The molecule has 0 spiro atoms. The highest BCUT2D eigenvalue weighted by molar-refractivity contribution is 5.27. The van der Waals surface area contributed by atoms with E-state index in [0.29, 0.717) is 12.5 Å². The summed E-state index contributed by atoms with van der Waals surface area (Å²) in [5.41, 5.74) is 2.42. The molecule has 0 atom stereocenters. The van der Waals surface area contributed by atoms with Crippen LogP contribution in [-0.2, 0) is 6.42 Å². The van der Waals surface area contributed by atoms with Crippen LogP contribution in [0.4, 0.5) is 0 Å². The minimum atomic E-state index is 0.530. The van der Waals surface area contributed by atoms with E-state index in [1.54, 1.807) is 0 Å². The lowest BCUT2D eigenvalue weighted by atomic mass is 10.0. The van der Waals surface area contributed by atoms with Gasteiger partial charge in [-0.05, 0) is 30.9 Å². The number of hydrogen-bond donors (Lipinski definition) is 0. The predicted octanol–water partition coefficient (Wildman–Crippen LogP) is 3.17. The number of aromatic nitrogens is 1. The maximum absolute atomic E-state index is 5.43. The Bertz CT molecular complexity index is 294. The van der Waals surface area contributed by atoms with E-state index < -0.39 is 0 Å². The van der Waals surface area contributed by atoms with Crippen molar-refractivity contribution in [2.24, 2.45) is 0 Å². The van der Waals surface area contributed by atoms with Gasteiger partial charge in [-0.15, -0.1) is 0 Å². The molecule has 0 N–H and O–H groups in total. The Kier molecular flexibility index (Phi) is 3.93. The third-order valence-corrected chi connectivity index (χ3v) is 2.20. The van der Waals surface area contributed by atoms with Crippen molar-refractivity contribution in [3.63, 3.8) is 0 Å². The summed E-state index contributed by atoms with van der Waals surface area (Å²) >= 11 is 0. The van der Waals surface area contributed by atoms with Crippen LogP contribution >= 0.6 is 0 Å². The van der Waals surface area contributed by atoms with Crippen molar-refractivity contribution in [3.05, 3.63) is 23.4 Å². The van der Waals surface area contributed by atoms with E-state index >= 15 is 0 Å². The summed E-state index contributed by atoms with van der Waals surface area (Å²) in [5, 5.41) is 0. The first-order valence-corrected chi connectivity index (χ1v) is 5.31. The standard InChI is InChI=1S/C12H19NO/c1-5-11-7-10(9(3)4)8-12(13-11)14-6-2/h7-9H,5-6H2,1-4H3. The molecule has 1 rings (SSSR count). The zero-order chi connectivity index (χ0) is 10.6. The molecule has 0 aliphatic carbocycles. The number of ether oxygens (including phenoxy) is 1. The average molecular weight is 193 g/mol. The van der Waals surface area contributed by atoms with Crippen molar-refractivity contribution in [1.29, 1.82) is 0 Å². The van der Waals surface area contributed by atoms with Gasteiger partial charge in [0, 0.05) is 11.8 Å². The quantitative estimate of drug-likeness (QED) is 0.732. The van der Waals surface area contributed by atoms with Crippen LogP contribution in [0.5, 0.6) is 5.88 Å². The molecule has 0 saturated carbocycles. The van der Waals surface area contributed by atoms with E-state index in [0.717, 1.165) is 18.0 Å². The smallest absolute Gasteiger partial charge is 0.213 e. The first kappa shape index (κ1) is 11.0. The molecule has 0 bridgehead atoms. The van der Waals surface area contributed by atoms with Crippen LogP contribution in [0, 0.1) is 0 Å². The van der Waals surface area contributed by atoms with Crippen molar-refractivity contribution in [1.82, 2.24) is 4.98 Å². The van der Waals surface area contributed by atoms with E-state index in [4.69, 9.17) is 4.74 Å². The molecule has 2 heteroatoms. The number of pyridine rings is 1. The van der Waals surface area contributed by atoms with Gasteiger partial charge in [0.25, 0.3) is 0 Å². The molecule has 78 valence electrons. The van der Waals surface area contributed by atoms with E-state index in [1.165, 1.54) is 5.56 Å². The van der Waals surface area contributed by atoms with E-state index in [-0.39, 0.29) is 0 Å². The maximum atomic E-state index is 5.43. The molecule has 0 aliphatic rings. The predicted molar refractivity (Wildman–Crippen MR) is 58.9 cm³/mol. The van der Waals surface area contributed by atoms with Crippen LogP contribution in [0.25, 0.3) is 0 Å². The summed E-state index contributed by atoms with van der Waals surface area (Å²) in [5.74, 6) is 1.29. The molecule has 2 nitrogen and oxygen atoms in total. The number of aryl methyl sites for hydroxylation is 1. The van der Waals surface area contributed by atoms with Gasteiger partial charge in [0.15, 0.2) is 0 Å². The largest absolute Gasteiger partial charge is 0.478 e. The number of hydrogen-bond acceptors (Lipinski definition) is 2. The van der Waals surface area contributed by atoms with Gasteiger partial charge in [-0.25, -0.2) is 4.98 Å². The van der Waals surface area contributed by atoms with Crippen molar-refractivity contribution in [3.8, 4) is 5.88 Å². The Morgan fingerprint density at radius 2 is 2.00 bits per heavy atom. The zero-order valence-corrected chi connectivity index (χ0v) is 9.50. The van der Waals surface area contributed by atoms with Crippen molar-refractivity contribution >= 4 is 0 Å². The molecule has 0 unspecified atom stereocenters. The van der Waals surface area contributed by atoms with Crippen molar-refractivity contribution in [2.75, 3.05) is 6.61 Å². The maximum Gasteiger partial charge on any atom is 0.213 e. The van der Waals surface area contributed by atoms with Gasteiger partial charge in [0.1, 0.15) is 0 Å². The first-order valence-electron chi connectivity index (χ1n) is 5.31. The van der Waals surface area contributed by atoms with E-state index in [9.17, 15) is 0 Å². The zero-order valence-electron chi connectivity index (χ0n) is 9.50. The molecule has 0 radical (unpaired) electrons. The fourth-order valence-electron chi connectivity index (χ4n) is 1.32. The fraction of sp³-hybridized carbons (Fsp3) is 0.583. The van der Waals surface area contributed by atoms with Gasteiger partial charge in [0.2, 0.25) is 5.88 Å². The first-order chi connectivity index (χ1) is 6.67. The van der Waals surface area contributed by atoms with E-state index in [2.05, 4.69) is 31.8 Å². The van der Waals surface area contributed by atoms with E-state index in [1.807, 2.05) is 13.0 Å². The summed E-state index contributed by atoms with van der Waals surface area (Å²) in [6, 6.07) is 4.19. The summed E-state index contributed by atoms with van der Waals surface area (Å²) in [6.07, 6.45) is 0.959. The fourth-order valence-corrected chi connectivity index (χ4v) is 1.32. The van der Waals surface area contributed by atoms with Crippen LogP contribution in [0.3, 0.4) is 0 Å². The molecule has 0 fully saturated rings. The lowest BCUT2D eigenvalue weighted by molar-refractivity contribution is 0.325. The highest BCUT2D eigenvalue weighted by atomic mass is 16.5. The van der Waals surface area contributed by atoms with Gasteiger partial charge in [-0.3, -0.25) is 0 Å². The Labute approximate surface area is 86.3 Å². The minimum Gasteiger partial charge on any atom is -0.478 e. The Morgan fingerprint density at radius 1 is 1.29 bits per heavy atom. The van der Waals surface area contributed by atoms with Crippen molar-refractivity contribution < 1.29 is 4.74 Å². The molecule has 1 aromatic heterocycles. The molecular weight excluding hydrogens is 174 g/mol. The summed E-state index contributed by atoms with van der Waals surface area (Å²) in [6.45, 7) is 9.14. The highest BCUT2D eigenvalue weighted by Crippen LogP contribution is 2.20. The van der Waals surface area contributed by atoms with Gasteiger partial charge in [-0.1, -0.05) is 20.8 Å². The molecule has 0 saturated heterocycles. The van der Waals surface area contributed by atoms with Gasteiger partial charge < -0.3 is 4.74 Å². The topological polar surface area (TPSA) is 22.1 Å². The molecule has 1 aromatic rings. The molecule has 1 heterocycles. The van der Waals surface area contributed by atoms with Crippen LogP contribution in [0.2, 0.25) is 0 Å². The third-order valence-electron chi connectivity index (χ3n) is 2.20. The third kappa shape index (κ3) is 2.72. The second-order valence-electron chi connectivity index (χ2n) is 3.67. The molecule has 0 aliphatic heterocycles. The molecular formula is C12H19NO. The number of rotatable bonds is 4. The van der Waals surface area contributed by atoms with Crippen LogP contribution in [0.15, 0.2) is 12.1 Å². The summed E-state index contributed by atoms with van der Waals surface area (Å²) in [7, 11) is 0. The molecule has 0 aromatic carbocycles. The van der Waals surface area contributed by atoms with Crippen LogP contribution in [-0.4, -0.2) is 11.6 Å². The van der Waals surface area contributed by atoms with Gasteiger partial charge >= 0.3 is 0 Å². The lowest BCUT2D eigenvalue weighted by Crippen LogP contribution is -2.00. The SMILES string of the molecule is CCOc1cc(C(C)C)cc(CC)n1. The summed E-state index contributed by atoms with van der Waals surface area (Å²) < 4.78 is 5.43. The minimum absolute atomic E-state index is 0.530. The highest BCUT2D eigenvalue weighted by Gasteiger charge is 2.05. The lowest BCUT2D eigenvalue weighted by Gasteiger charge is -2.10. The Balaban J connectivity index is 3.00. The molecule has 14 heavy (non-hydrogen) atoms. The second-order valence-corrected chi connectivity index (χ2v) is 3.67. The Hall–Kier alpha value is -1.05. The normalized spacial score (nSPS) is 10.6. The van der Waals surface area contributed by atoms with Crippen LogP contribution < -0.4 is 4.74 Å². The van der Waals surface area contributed by atoms with Gasteiger partial charge in [-0.2, -0.15) is 0 Å². The second kappa shape index (κ2) is 4.99. The monoisotopic (exact) mass is 193 g/mol. The molecule has 0 amide bonds. The van der Waals surface area contributed by atoms with Gasteiger partial charge in [0.05, 0.1) is 6.61 Å². The van der Waals surface area contributed by atoms with Crippen LogP contribution in [0.1, 0.15) is 44.9 Å². The average Bonchev–Trinajstić information content (AvgIpc) is 2.17.